The second kappa shape index (κ2) is 6.83. The summed E-state index contributed by atoms with van der Waals surface area (Å²) in [7, 11) is 1.73. The molecule has 1 N–H and O–H groups in total. The molecule has 1 aromatic heterocycles. The summed E-state index contributed by atoms with van der Waals surface area (Å²) < 4.78 is 5.07. The number of para-hydroxylation sites is 2. The van der Waals surface area contributed by atoms with Gasteiger partial charge in [-0.25, -0.2) is 4.98 Å². The van der Waals surface area contributed by atoms with Crippen molar-refractivity contribution in [3.05, 3.63) is 30.5 Å². The van der Waals surface area contributed by atoms with Crippen LogP contribution in [0.5, 0.6) is 0 Å². The molecular formula is C16H22N4O. The predicted molar refractivity (Wildman–Crippen MR) is 84.7 cm³/mol. The first-order chi connectivity index (χ1) is 10.4. The summed E-state index contributed by atoms with van der Waals surface area (Å²) in [6.07, 6.45) is 4.31. The first kappa shape index (κ1) is 14.2. The van der Waals surface area contributed by atoms with Gasteiger partial charge in [0.15, 0.2) is 0 Å². The molecule has 2 heterocycles. The minimum atomic E-state index is 0.498. The molecule has 21 heavy (non-hydrogen) atoms. The molecule has 0 aliphatic carbocycles. The van der Waals surface area contributed by atoms with Gasteiger partial charge in [0, 0.05) is 32.8 Å². The number of nitrogens with one attached hydrogen (secondary N) is 1. The van der Waals surface area contributed by atoms with E-state index in [0.29, 0.717) is 6.04 Å². The zero-order valence-corrected chi connectivity index (χ0v) is 12.5. The van der Waals surface area contributed by atoms with Crippen LogP contribution in [0.3, 0.4) is 0 Å². The van der Waals surface area contributed by atoms with Crippen molar-refractivity contribution >= 4 is 16.9 Å². The summed E-state index contributed by atoms with van der Waals surface area (Å²) in [6, 6.07) is 8.52. The van der Waals surface area contributed by atoms with Gasteiger partial charge in [0.1, 0.15) is 5.82 Å². The van der Waals surface area contributed by atoms with Crippen LogP contribution in [0, 0.1) is 0 Å². The number of anilines is 1. The van der Waals surface area contributed by atoms with Crippen molar-refractivity contribution in [3.63, 3.8) is 0 Å². The predicted octanol–water partition coefficient (Wildman–Crippen LogP) is 1.83. The third kappa shape index (κ3) is 3.31. The Morgan fingerprint density at radius 3 is 3.05 bits per heavy atom. The van der Waals surface area contributed by atoms with Crippen LogP contribution in [0.1, 0.15) is 12.8 Å². The lowest BCUT2D eigenvalue weighted by Gasteiger charge is -2.26. The molecule has 2 aromatic rings. The second-order valence-electron chi connectivity index (χ2n) is 5.40. The molecule has 1 saturated heterocycles. The molecule has 5 heteroatoms. The number of hydrogen-bond donors (Lipinski definition) is 1. The molecule has 1 aromatic carbocycles. The summed E-state index contributed by atoms with van der Waals surface area (Å²) in [5.41, 5.74) is 1.92. The van der Waals surface area contributed by atoms with E-state index >= 15 is 0 Å². The van der Waals surface area contributed by atoms with Crippen molar-refractivity contribution in [3.8, 4) is 0 Å². The normalized spacial score (nSPS) is 18.5. The molecule has 0 radical (unpaired) electrons. The number of fused-ring (bicyclic) bond motifs is 1. The topological polar surface area (TPSA) is 50.3 Å². The molecule has 1 atom stereocenters. The van der Waals surface area contributed by atoms with Crippen molar-refractivity contribution in [2.45, 2.75) is 18.9 Å². The van der Waals surface area contributed by atoms with Crippen LogP contribution in [-0.4, -0.2) is 49.4 Å². The Labute approximate surface area is 125 Å². The highest BCUT2D eigenvalue weighted by Gasteiger charge is 2.25. The molecular weight excluding hydrogens is 264 g/mol. The van der Waals surface area contributed by atoms with Crippen LogP contribution in [-0.2, 0) is 4.74 Å². The van der Waals surface area contributed by atoms with Gasteiger partial charge < -0.3 is 15.0 Å². The largest absolute Gasteiger partial charge is 0.383 e. The van der Waals surface area contributed by atoms with Gasteiger partial charge in [-0.15, -0.1) is 0 Å². The van der Waals surface area contributed by atoms with Gasteiger partial charge >= 0.3 is 0 Å². The molecule has 0 saturated carbocycles. The molecule has 1 unspecified atom stereocenters. The fourth-order valence-corrected chi connectivity index (χ4v) is 2.88. The smallest absolute Gasteiger partial charge is 0.148 e. The highest BCUT2D eigenvalue weighted by molar-refractivity contribution is 5.75. The van der Waals surface area contributed by atoms with Crippen molar-refractivity contribution < 1.29 is 4.74 Å². The minimum Gasteiger partial charge on any atom is -0.383 e. The maximum atomic E-state index is 5.07. The number of benzene rings is 1. The van der Waals surface area contributed by atoms with Crippen LogP contribution >= 0.6 is 0 Å². The monoisotopic (exact) mass is 286 g/mol. The van der Waals surface area contributed by atoms with Crippen molar-refractivity contribution in [2.24, 2.45) is 0 Å². The molecule has 1 aliphatic rings. The first-order valence-corrected chi connectivity index (χ1v) is 7.56. The van der Waals surface area contributed by atoms with Crippen molar-refractivity contribution in [1.82, 2.24) is 15.3 Å². The third-order valence-corrected chi connectivity index (χ3v) is 3.97. The summed E-state index contributed by atoms with van der Waals surface area (Å²) in [5.74, 6) is 0.991. The Bertz CT molecular complexity index is 589. The Hall–Kier alpha value is -1.72. The standard InChI is InChI=1S/C16H22N4O/c1-21-10-8-17-11-13-5-4-9-20(13)16-12-18-14-6-2-3-7-15(14)19-16/h2-3,6-7,12-13,17H,4-5,8-11H2,1H3. The Morgan fingerprint density at radius 2 is 2.19 bits per heavy atom. The zero-order valence-electron chi connectivity index (χ0n) is 12.5. The Balaban J connectivity index is 1.70. The summed E-state index contributed by atoms with van der Waals surface area (Å²) >= 11 is 0. The van der Waals surface area contributed by atoms with Gasteiger partial charge in [0.25, 0.3) is 0 Å². The molecule has 5 nitrogen and oxygen atoms in total. The highest BCUT2D eigenvalue weighted by atomic mass is 16.5. The average molecular weight is 286 g/mol. The zero-order chi connectivity index (χ0) is 14.5. The molecule has 1 aliphatic heterocycles. The van der Waals surface area contributed by atoms with E-state index in [2.05, 4.69) is 15.2 Å². The van der Waals surface area contributed by atoms with Crippen LogP contribution in [0.4, 0.5) is 5.82 Å². The van der Waals surface area contributed by atoms with Crippen LogP contribution in [0.25, 0.3) is 11.0 Å². The van der Waals surface area contributed by atoms with E-state index in [1.54, 1.807) is 7.11 Å². The number of nitrogens with zero attached hydrogens (tertiary/aromatic N) is 3. The summed E-state index contributed by atoms with van der Waals surface area (Å²) in [5, 5.41) is 3.45. The van der Waals surface area contributed by atoms with Crippen LogP contribution < -0.4 is 10.2 Å². The van der Waals surface area contributed by atoms with Gasteiger partial charge in [-0.3, -0.25) is 4.98 Å². The van der Waals surface area contributed by atoms with Crippen molar-refractivity contribution in [2.75, 3.05) is 38.3 Å². The number of aromatic nitrogens is 2. The number of methoxy groups -OCH3 is 1. The second-order valence-corrected chi connectivity index (χ2v) is 5.40. The minimum absolute atomic E-state index is 0.498. The third-order valence-electron chi connectivity index (χ3n) is 3.97. The van der Waals surface area contributed by atoms with E-state index in [0.717, 1.165) is 43.1 Å². The van der Waals surface area contributed by atoms with E-state index in [-0.39, 0.29) is 0 Å². The van der Waals surface area contributed by atoms with E-state index in [1.165, 1.54) is 12.8 Å². The fraction of sp³-hybridized carbons (Fsp3) is 0.500. The maximum absolute atomic E-state index is 5.07. The molecule has 0 amide bonds. The number of rotatable bonds is 6. The SMILES string of the molecule is COCCNCC1CCCN1c1cnc2ccccc2n1. The highest BCUT2D eigenvalue weighted by Crippen LogP contribution is 2.24. The Kier molecular flexibility index (Phi) is 4.62. The van der Waals surface area contributed by atoms with Crippen molar-refractivity contribution in [1.29, 1.82) is 0 Å². The van der Waals surface area contributed by atoms with Gasteiger partial charge in [-0.2, -0.15) is 0 Å². The van der Waals surface area contributed by atoms with Gasteiger partial charge in [0.2, 0.25) is 0 Å². The number of ether oxygens (including phenoxy) is 1. The quantitative estimate of drug-likeness (QED) is 0.821. The molecule has 0 bridgehead atoms. The molecule has 0 spiro atoms. The van der Waals surface area contributed by atoms with Gasteiger partial charge in [-0.05, 0) is 25.0 Å². The van der Waals surface area contributed by atoms with Gasteiger partial charge in [-0.1, -0.05) is 12.1 Å². The summed E-state index contributed by atoms with van der Waals surface area (Å²) in [6.45, 7) is 3.67. The van der Waals surface area contributed by atoms with E-state index in [4.69, 9.17) is 9.72 Å². The molecule has 112 valence electrons. The van der Waals surface area contributed by atoms with Gasteiger partial charge in [0.05, 0.1) is 23.8 Å². The summed E-state index contributed by atoms with van der Waals surface area (Å²) in [4.78, 5) is 11.7. The maximum Gasteiger partial charge on any atom is 0.148 e. The lowest BCUT2D eigenvalue weighted by atomic mass is 10.2. The van der Waals surface area contributed by atoms with E-state index < -0.39 is 0 Å². The van der Waals surface area contributed by atoms with E-state index in [9.17, 15) is 0 Å². The average Bonchev–Trinajstić information content (AvgIpc) is 2.99. The molecule has 3 rings (SSSR count). The van der Waals surface area contributed by atoms with E-state index in [1.807, 2.05) is 30.5 Å². The first-order valence-electron chi connectivity index (χ1n) is 7.56. The Morgan fingerprint density at radius 1 is 1.33 bits per heavy atom. The lowest BCUT2D eigenvalue weighted by Crippen LogP contribution is -2.39. The molecule has 1 fully saturated rings. The van der Waals surface area contributed by atoms with Crippen LogP contribution in [0.15, 0.2) is 30.5 Å². The number of hydrogen-bond acceptors (Lipinski definition) is 5. The fourth-order valence-electron chi connectivity index (χ4n) is 2.88. The van der Waals surface area contributed by atoms with Crippen LogP contribution in [0.2, 0.25) is 0 Å². The lowest BCUT2D eigenvalue weighted by molar-refractivity contribution is 0.199.